The summed E-state index contributed by atoms with van der Waals surface area (Å²) < 4.78 is 0. The fraction of sp³-hybridized carbons (Fsp3) is 0.600. The Bertz CT molecular complexity index is 344. The second-order valence-electron chi connectivity index (χ2n) is 3.97. The van der Waals surface area contributed by atoms with Gasteiger partial charge in [-0.05, 0) is 0 Å². The van der Waals surface area contributed by atoms with E-state index >= 15 is 0 Å². The van der Waals surface area contributed by atoms with E-state index in [1.54, 1.807) is 30.3 Å². The summed E-state index contributed by atoms with van der Waals surface area (Å²) in [6, 6.07) is 0.0961. The Morgan fingerprint density at radius 1 is 1.38 bits per heavy atom. The first-order valence-corrected chi connectivity index (χ1v) is 6.17. The van der Waals surface area contributed by atoms with Gasteiger partial charge in [0.05, 0.1) is 0 Å². The molecule has 0 radical (unpaired) electrons. The molecule has 5 nitrogen and oxygen atoms in total. The van der Waals surface area contributed by atoms with Crippen molar-refractivity contribution in [3.05, 3.63) is 11.6 Å². The number of aromatic nitrogens is 1. The monoisotopic (exact) mass is 240 g/mol. The summed E-state index contributed by atoms with van der Waals surface area (Å²) in [6.45, 7) is 3.29. The third-order valence-corrected chi connectivity index (χ3v) is 3.45. The van der Waals surface area contributed by atoms with Gasteiger partial charge in [0, 0.05) is 51.9 Å². The van der Waals surface area contributed by atoms with Crippen LogP contribution < -0.4 is 4.90 Å². The van der Waals surface area contributed by atoms with Gasteiger partial charge in [-0.3, -0.25) is 0 Å². The predicted molar refractivity (Wildman–Crippen MR) is 65.0 cm³/mol. The highest BCUT2D eigenvalue weighted by Crippen LogP contribution is 2.18. The van der Waals surface area contributed by atoms with Crippen molar-refractivity contribution in [2.75, 3.05) is 45.2 Å². The SMILES string of the molecule is CN(C)C(=O)N1CCN(c2nccs2)CC1. The van der Waals surface area contributed by atoms with Gasteiger partial charge in [0.15, 0.2) is 5.13 Å². The lowest BCUT2D eigenvalue weighted by Crippen LogP contribution is -2.51. The number of piperazine rings is 1. The van der Waals surface area contributed by atoms with Crippen LogP contribution in [-0.2, 0) is 0 Å². The topological polar surface area (TPSA) is 39.7 Å². The average molecular weight is 240 g/mol. The Hall–Kier alpha value is -1.30. The number of urea groups is 1. The predicted octanol–water partition coefficient (Wildman–Crippen LogP) is 0.947. The fourth-order valence-corrected chi connectivity index (χ4v) is 2.44. The summed E-state index contributed by atoms with van der Waals surface area (Å²) in [7, 11) is 3.57. The van der Waals surface area contributed by atoms with Gasteiger partial charge in [0.1, 0.15) is 0 Å². The van der Waals surface area contributed by atoms with Crippen LogP contribution in [0, 0.1) is 0 Å². The molecule has 0 bridgehead atoms. The lowest BCUT2D eigenvalue weighted by Gasteiger charge is -2.35. The molecule has 88 valence electrons. The number of carbonyl (C=O) groups is 1. The standard InChI is InChI=1S/C10H16N4OS/c1-12(2)10(15)14-6-4-13(5-7-14)9-11-3-8-16-9/h3,8H,4-7H2,1-2H3. The van der Waals surface area contributed by atoms with E-state index in [1.165, 1.54) is 0 Å². The molecule has 0 saturated carbocycles. The molecule has 2 heterocycles. The molecular formula is C10H16N4OS. The number of carbonyl (C=O) groups excluding carboxylic acids is 1. The molecule has 0 atom stereocenters. The highest BCUT2D eigenvalue weighted by molar-refractivity contribution is 7.13. The molecule has 1 fully saturated rings. The number of nitrogens with zero attached hydrogens (tertiary/aromatic N) is 4. The van der Waals surface area contributed by atoms with Crippen LogP contribution in [0.5, 0.6) is 0 Å². The smallest absolute Gasteiger partial charge is 0.319 e. The summed E-state index contributed by atoms with van der Waals surface area (Å²) in [6.07, 6.45) is 1.82. The zero-order valence-electron chi connectivity index (χ0n) is 9.59. The molecule has 2 rings (SSSR count). The minimum atomic E-state index is 0.0961. The van der Waals surface area contributed by atoms with Crippen LogP contribution in [0.2, 0.25) is 0 Å². The van der Waals surface area contributed by atoms with Gasteiger partial charge in [-0.2, -0.15) is 0 Å². The van der Waals surface area contributed by atoms with E-state index in [0.717, 1.165) is 31.3 Å². The first-order valence-electron chi connectivity index (χ1n) is 5.29. The van der Waals surface area contributed by atoms with Crippen molar-refractivity contribution < 1.29 is 4.79 Å². The van der Waals surface area contributed by atoms with Crippen LogP contribution in [0.1, 0.15) is 0 Å². The van der Waals surface area contributed by atoms with Gasteiger partial charge < -0.3 is 14.7 Å². The van der Waals surface area contributed by atoms with Crippen molar-refractivity contribution >= 4 is 22.5 Å². The number of anilines is 1. The van der Waals surface area contributed by atoms with Gasteiger partial charge in [-0.1, -0.05) is 0 Å². The van der Waals surface area contributed by atoms with Crippen LogP contribution in [0.25, 0.3) is 0 Å². The van der Waals surface area contributed by atoms with E-state index in [1.807, 2.05) is 16.5 Å². The molecule has 1 aromatic heterocycles. The third-order valence-electron chi connectivity index (χ3n) is 2.62. The molecule has 16 heavy (non-hydrogen) atoms. The summed E-state index contributed by atoms with van der Waals surface area (Å²) in [5, 5.41) is 3.03. The van der Waals surface area contributed by atoms with Gasteiger partial charge in [-0.15, -0.1) is 11.3 Å². The molecule has 0 aliphatic carbocycles. The molecule has 1 aromatic rings. The van der Waals surface area contributed by atoms with E-state index in [4.69, 9.17) is 0 Å². The number of rotatable bonds is 1. The van der Waals surface area contributed by atoms with Crippen molar-refractivity contribution in [3.8, 4) is 0 Å². The molecule has 0 N–H and O–H groups in total. The zero-order valence-corrected chi connectivity index (χ0v) is 10.4. The van der Waals surface area contributed by atoms with Crippen LogP contribution in [0.4, 0.5) is 9.93 Å². The van der Waals surface area contributed by atoms with Crippen LogP contribution in [0.3, 0.4) is 0 Å². The van der Waals surface area contributed by atoms with Crippen molar-refractivity contribution in [1.29, 1.82) is 0 Å². The number of hydrogen-bond donors (Lipinski definition) is 0. The van der Waals surface area contributed by atoms with E-state index in [9.17, 15) is 4.79 Å². The van der Waals surface area contributed by atoms with Crippen LogP contribution in [-0.4, -0.2) is 61.1 Å². The second kappa shape index (κ2) is 4.69. The van der Waals surface area contributed by atoms with E-state index < -0.39 is 0 Å². The molecule has 0 spiro atoms. The number of amides is 2. The maximum absolute atomic E-state index is 11.7. The summed E-state index contributed by atoms with van der Waals surface area (Å²) in [4.78, 5) is 21.7. The van der Waals surface area contributed by atoms with Gasteiger partial charge >= 0.3 is 6.03 Å². The minimum Gasteiger partial charge on any atom is -0.345 e. The molecule has 2 amide bonds. The molecule has 1 aliphatic heterocycles. The van der Waals surface area contributed by atoms with E-state index in [2.05, 4.69) is 9.88 Å². The number of thiazole rings is 1. The molecule has 0 aromatic carbocycles. The average Bonchev–Trinajstić information content (AvgIpc) is 2.81. The Morgan fingerprint density at radius 3 is 2.56 bits per heavy atom. The van der Waals surface area contributed by atoms with E-state index in [-0.39, 0.29) is 6.03 Å². The lowest BCUT2D eigenvalue weighted by atomic mass is 10.3. The van der Waals surface area contributed by atoms with Crippen molar-refractivity contribution in [3.63, 3.8) is 0 Å². The molecular weight excluding hydrogens is 224 g/mol. The molecule has 1 aliphatic rings. The van der Waals surface area contributed by atoms with Crippen molar-refractivity contribution in [2.24, 2.45) is 0 Å². The molecule has 1 saturated heterocycles. The normalized spacial score (nSPS) is 16.4. The van der Waals surface area contributed by atoms with Gasteiger partial charge in [0.2, 0.25) is 0 Å². The Balaban J connectivity index is 1.90. The molecule has 0 unspecified atom stereocenters. The minimum absolute atomic E-state index is 0.0961. The first kappa shape index (κ1) is 11.2. The third kappa shape index (κ3) is 2.27. The van der Waals surface area contributed by atoms with Gasteiger partial charge in [0.25, 0.3) is 0 Å². The highest BCUT2D eigenvalue weighted by Gasteiger charge is 2.22. The van der Waals surface area contributed by atoms with Crippen LogP contribution in [0.15, 0.2) is 11.6 Å². The quantitative estimate of drug-likeness (QED) is 0.733. The lowest BCUT2D eigenvalue weighted by molar-refractivity contribution is 0.168. The van der Waals surface area contributed by atoms with E-state index in [0.29, 0.717) is 0 Å². The summed E-state index contributed by atoms with van der Waals surface area (Å²) in [5.74, 6) is 0. The second-order valence-corrected chi connectivity index (χ2v) is 4.84. The Labute approximate surface area is 99.3 Å². The Kier molecular flexibility index (Phi) is 3.28. The maximum atomic E-state index is 11.7. The van der Waals surface area contributed by atoms with Crippen molar-refractivity contribution in [2.45, 2.75) is 0 Å². The van der Waals surface area contributed by atoms with Crippen molar-refractivity contribution in [1.82, 2.24) is 14.8 Å². The first-order chi connectivity index (χ1) is 7.68. The maximum Gasteiger partial charge on any atom is 0.319 e. The highest BCUT2D eigenvalue weighted by atomic mass is 32.1. The largest absolute Gasteiger partial charge is 0.345 e. The zero-order chi connectivity index (χ0) is 11.5. The van der Waals surface area contributed by atoms with Gasteiger partial charge in [-0.25, -0.2) is 9.78 Å². The Morgan fingerprint density at radius 2 is 2.06 bits per heavy atom. The van der Waals surface area contributed by atoms with Crippen LogP contribution >= 0.6 is 11.3 Å². The number of hydrogen-bond acceptors (Lipinski definition) is 4. The molecule has 6 heteroatoms. The summed E-state index contributed by atoms with van der Waals surface area (Å²) in [5.41, 5.74) is 0. The summed E-state index contributed by atoms with van der Waals surface area (Å²) >= 11 is 1.65. The fourth-order valence-electron chi connectivity index (χ4n) is 1.74.